The number of carbonyl (C=O) groups excluding carboxylic acids is 3. The Balaban J connectivity index is 1.88. The van der Waals surface area contributed by atoms with Crippen LogP contribution in [-0.4, -0.2) is 79.1 Å². The molecule has 2 aliphatic heterocycles. The van der Waals surface area contributed by atoms with Crippen LogP contribution in [0.5, 0.6) is 0 Å². The zero-order valence-electron chi connectivity index (χ0n) is 15.5. The number of halogens is 1. The van der Waals surface area contributed by atoms with E-state index in [2.05, 4.69) is 5.32 Å². The molecule has 0 spiro atoms. The number of hydrogen-bond donors (Lipinski definition) is 1. The van der Waals surface area contributed by atoms with Crippen LogP contribution in [0.4, 0.5) is 4.79 Å². The molecule has 0 aromatic heterocycles. The third-order valence-electron chi connectivity index (χ3n) is 4.96. The van der Waals surface area contributed by atoms with E-state index in [9.17, 15) is 22.8 Å². The van der Waals surface area contributed by atoms with Gasteiger partial charge in [0.25, 0.3) is 11.8 Å². The lowest BCUT2D eigenvalue weighted by atomic mass is 10.1. The summed E-state index contributed by atoms with van der Waals surface area (Å²) in [4.78, 5) is 39.2. The van der Waals surface area contributed by atoms with Crippen LogP contribution in [0, 0.1) is 0 Å². The maximum Gasteiger partial charge on any atom is 0.324 e. The zero-order chi connectivity index (χ0) is 20.6. The van der Waals surface area contributed by atoms with Gasteiger partial charge in [0, 0.05) is 31.7 Å². The molecule has 2 heterocycles. The molecule has 0 radical (unpaired) electrons. The van der Waals surface area contributed by atoms with Gasteiger partial charge in [-0.25, -0.2) is 13.2 Å². The summed E-state index contributed by atoms with van der Waals surface area (Å²) in [6.07, 6.45) is 0. The van der Waals surface area contributed by atoms with Crippen molar-refractivity contribution in [2.24, 2.45) is 0 Å². The number of sulfonamides is 1. The Morgan fingerprint density at radius 2 is 1.93 bits per heavy atom. The van der Waals surface area contributed by atoms with Crippen molar-refractivity contribution in [2.45, 2.75) is 24.8 Å². The van der Waals surface area contributed by atoms with E-state index in [1.54, 1.807) is 13.8 Å². The Morgan fingerprint density at radius 3 is 2.57 bits per heavy atom. The van der Waals surface area contributed by atoms with Gasteiger partial charge in [-0.1, -0.05) is 25.4 Å². The molecule has 1 aromatic rings. The first-order valence-corrected chi connectivity index (χ1v) is 10.7. The van der Waals surface area contributed by atoms with E-state index in [4.69, 9.17) is 11.6 Å². The second-order valence-electron chi connectivity index (χ2n) is 6.49. The molecule has 0 unspecified atom stereocenters. The number of imide groups is 1. The van der Waals surface area contributed by atoms with Crippen molar-refractivity contribution < 1.29 is 22.8 Å². The smallest absolute Gasteiger partial charge is 0.324 e. The van der Waals surface area contributed by atoms with Gasteiger partial charge < -0.3 is 9.80 Å². The van der Waals surface area contributed by atoms with Gasteiger partial charge in [-0.2, -0.15) is 4.31 Å². The van der Waals surface area contributed by atoms with E-state index in [1.165, 1.54) is 32.3 Å². The first-order chi connectivity index (χ1) is 13.2. The summed E-state index contributed by atoms with van der Waals surface area (Å²) in [5.41, 5.74) is 0.160. The highest BCUT2D eigenvalue weighted by Gasteiger charge is 2.43. The minimum Gasteiger partial charge on any atom is -0.334 e. The average Bonchev–Trinajstić information content (AvgIpc) is 2.95. The number of fused-ring (bicyclic) bond motifs is 1. The summed E-state index contributed by atoms with van der Waals surface area (Å²) in [6, 6.07) is 2.92. The molecule has 4 amide bonds. The largest absolute Gasteiger partial charge is 0.334 e. The molecule has 3 rings (SSSR count). The quantitative estimate of drug-likeness (QED) is 0.696. The summed E-state index contributed by atoms with van der Waals surface area (Å²) >= 11 is 6.11. The fourth-order valence-electron chi connectivity index (χ4n) is 3.41. The predicted octanol–water partition coefficient (Wildman–Crippen LogP) is 0.747. The van der Waals surface area contributed by atoms with E-state index < -0.39 is 33.9 Å². The van der Waals surface area contributed by atoms with Gasteiger partial charge in [0.05, 0.1) is 11.6 Å². The van der Waals surface area contributed by atoms with Crippen LogP contribution in [0.2, 0.25) is 5.02 Å². The van der Waals surface area contributed by atoms with Crippen molar-refractivity contribution in [3.05, 3.63) is 28.8 Å². The molecular weight excluding hydrogens is 408 g/mol. The molecule has 11 heteroatoms. The van der Waals surface area contributed by atoms with Crippen LogP contribution in [-0.2, 0) is 14.8 Å². The number of urea groups is 1. The van der Waals surface area contributed by atoms with Crippen LogP contribution >= 0.6 is 11.6 Å². The van der Waals surface area contributed by atoms with Crippen LogP contribution in [0.25, 0.3) is 0 Å². The zero-order valence-corrected chi connectivity index (χ0v) is 17.1. The van der Waals surface area contributed by atoms with E-state index in [0.29, 0.717) is 0 Å². The highest BCUT2D eigenvalue weighted by molar-refractivity contribution is 7.89. The van der Waals surface area contributed by atoms with Crippen molar-refractivity contribution in [3.63, 3.8) is 0 Å². The standard InChI is InChI=1S/C17H21ClN4O5S/c1-3-21(4-2)28(26,27)14-9-11(5-6-12(14)18)16(24)20-7-8-22-13(10-20)15(23)19-17(22)25/h5-6,9,13H,3-4,7-8,10H2,1-2H3,(H,19,23,25)/t13-/m0/s1. The molecule has 0 aliphatic carbocycles. The van der Waals surface area contributed by atoms with Crippen LogP contribution in [0.15, 0.2) is 23.1 Å². The number of carbonyl (C=O) groups is 3. The number of amides is 4. The van der Waals surface area contributed by atoms with Crippen molar-refractivity contribution in [1.29, 1.82) is 0 Å². The van der Waals surface area contributed by atoms with E-state index in [0.717, 1.165) is 0 Å². The van der Waals surface area contributed by atoms with Gasteiger partial charge in [0.2, 0.25) is 10.0 Å². The average molecular weight is 429 g/mol. The molecule has 1 aromatic carbocycles. The molecule has 152 valence electrons. The Hall–Kier alpha value is -2.17. The molecule has 9 nitrogen and oxygen atoms in total. The van der Waals surface area contributed by atoms with Crippen LogP contribution in [0.3, 0.4) is 0 Å². The molecular formula is C17H21ClN4O5S. The highest BCUT2D eigenvalue weighted by atomic mass is 35.5. The topological polar surface area (TPSA) is 107 Å². The summed E-state index contributed by atoms with van der Waals surface area (Å²) in [5.74, 6) is -0.858. The number of hydrogen-bond acceptors (Lipinski definition) is 5. The molecule has 1 atom stereocenters. The lowest BCUT2D eigenvalue weighted by molar-refractivity contribution is -0.122. The van der Waals surface area contributed by atoms with Crippen molar-refractivity contribution in [3.8, 4) is 0 Å². The van der Waals surface area contributed by atoms with Gasteiger partial charge in [-0.05, 0) is 18.2 Å². The Morgan fingerprint density at radius 1 is 1.25 bits per heavy atom. The van der Waals surface area contributed by atoms with Gasteiger partial charge in [-0.15, -0.1) is 0 Å². The summed E-state index contributed by atoms with van der Waals surface area (Å²) in [6.45, 7) is 4.52. The summed E-state index contributed by atoms with van der Waals surface area (Å²) in [5, 5.41) is 2.26. The number of piperazine rings is 1. The summed E-state index contributed by atoms with van der Waals surface area (Å²) < 4.78 is 26.9. The lowest BCUT2D eigenvalue weighted by Crippen LogP contribution is -2.54. The first-order valence-electron chi connectivity index (χ1n) is 8.91. The fraction of sp³-hybridized carbons (Fsp3) is 0.471. The molecule has 0 saturated carbocycles. The maximum absolute atomic E-state index is 12.9. The molecule has 1 N–H and O–H groups in total. The van der Waals surface area contributed by atoms with Gasteiger partial charge in [0.15, 0.2) is 0 Å². The number of nitrogens with one attached hydrogen (secondary N) is 1. The third-order valence-corrected chi connectivity index (χ3v) is 7.49. The first kappa shape index (κ1) is 20.6. The second kappa shape index (κ2) is 7.69. The lowest BCUT2D eigenvalue weighted by Gasteiger charge is -2.35. The highest BCUT2D eigenvalue weighted by Crippen LogP contribution is 2.27. The SMILES string of the molecule is CCN(CC)S(=O)(=O)c1cc(C(=O)N2CCN3C(=O)NC(=O)[C@@H]3C2)ccc1Cl. The Kier molecular flexibility index (Phi) is 5.64. The maximum atomic E-state index is 12.9. The molecule has 2 saturated heterocycles. The van der Waals surface area contributed by atoms with Gasteiger partial charge in [0.1, 0.15) is 10.9 Å². The van der Waals surface area contributed by atoms with E-state index >= 15 is 0 Å². The molecule has 2 fully saturated rings. The predicted molar refractivity (Wildman–Crippen MR) is 101 cm³/mol. The van der Waals surface area contributed by atoms with Crippen molar-refractivity contribution in [1.82, 2.24) is 19.4 Å². The van der Waals surface area contributed by atoms with Crippen LogP contribution < -0.4 is 5.32 Å². The van der Waals surface area contributed by atoms with E-state index in [-0.39, 0.29) is 48.2 Å². The van der Waals surface area contributed by atoms with Crippen LogP contribution in [0.1, 0.15) is 24.2 Å². The van der Waals surface area contributed by atoms with Gasteiger partial charge >= 0.3 is 6.03 Å². The second-order valence-corrected chi connectivity index (χ2v) is 8.80. The van der Waals surface area contributed by atoms with Gasteiger partial charge in [-0.3, -0.25) is 14.9 Å². The number of nitrogens with zero attached hydrogens (tertiary/aromatic N) is 3. The Labute approximate surface area is 168 Å². The van der Waals surface area contributed by atoms with Crippen molar-refractivity contribution >= 4 is 39.5 Å². The molecule has 28 heavy (non-hydrogen) atoms. The number of rotatable bonds is 5. The third kappa shape index (κ3) is 3.47. The minimum atomic E-state index is -3.84. The number of benzene rings is 1. The molecule has 0 bridgehead atoms. The monoisotopic (exact) mass is 428 g/mol. The fourth-order valence-corrected chi connectivity index (χ4v) is 5.37. The minimum absolute atomic E-state index is 0.0361. The Bertz CT molecular complexity index is 931. The van der Waals surface area contributed by atoms with E-state index in [1.807, 2.05) is 0 Å². The normalized spacial score (nSPS) is 19.8. The van der Waals surface area contributed by atoms with Crippen molar-refractivity contribution in [2.75, 3.05) is 32.7 Å². The molecule has 2 aliphatic rings. The summed E-state index contributed by atoms with van der Waals surface area (Å²) in [7, 11) is -3.84.